The van der Waals surface area contributed by atoms with Crippen LogP contribution in [0.5, 0.6) is 11.5 Å². The van der Waals surface area contributed by atoms with Crippen molar-refractivity contribution in [3.63, 3.8) is 0 Å². The Labute approximate surface area is 206 Å². The molecule has 6 nitrogen and oxygen atoms in total. The number of hydrazine groups is 1. The molecule has 0 saturated carbocycles. The van der Waals surface area contributed by atoms with Crippen molar-refractivity contribution in [2.75, 3.05) is 6.54 Å². The van der Waals surface area contributed by atoms with E-state index in [9.17, 15) is 9.59 Å². The zero-order valence-electron chi connectivity index (χ0n) is 20.1. The maximum atomic E-state index is 13.5. The summed E-state index contributed by atoms with van der Waals surface area (Å²) in [6.45, 7) is 3.30. The molecule has 1 heterocycles. The van der Waals surface area contributed by atoms with Gasteiger partial charge in [-0.05, 0) is 43.0 Å². The number of carbonyl (C=O) groups is 2. The van der Waals surface area contributed by atoms with E-state index < -0.39 is 6.10 Å². The van der Waals surface area contributed by atoms with Crippen molar-refractivity contribution >= 4 is 12.2 Å². The Morgan fingerprint density at radius 2 is 1.77 bits per heavy atom. The van der Waals surface area contributed by atoms with Crippen LogP contribution in [0, 0.1) is 0 Å². The van der Waals surface area contributed by atoms with Gasteiger partial charge in [-0.3, -0.25) is 15.0 Å². The Morgan fingerprint density at radius 1 is 1.03 bits per heavy atom. The summed E-state index contributed by atoms with van der Waals surface area (Å²) in [4.78, 5) is 25.0. The highest BCUT2D eigenvalue weighted by atomic mass is 16.5. The molecule has 1 N–H and O–H groups in total. The van der Waals surface area contributed by atoms with Crippen LogP contribution in [0.3, 0.4) is 0 Å². The van der Waals surface area contributed by atoms with Crippen LogP contribution in [0.1, 0.15) is 60.2 Å². The summed E-state index contributed by atoms with van der Waals surface area (Å²) in [5, 5.41) is 2.04. The first-order valence-electron chi connectivity index (χ1n) is 12.2. The number of hydrogen-bond acceptors (Lipinski definition) is 5. The molecule has 35 heavy (non-hydrogen) atoms. The highest BCUT2D eigenvalue weighted by molar-refractivity contribution is 5.82. The van der Waals surface area contributed by atoms with Crippen molar-refractivity contribution in [1.29, 1.82) is 0 Å². The molecule has 1 saturated heterocycles. The Bertz CT molecular complexity index is 1100. The minimum Gasteiger partial charge on any atom is -0.485 e. The molecule has 6 heteroatoms. The van der Waals surface area contributed by atoms with E-state index in [-0.39, 0.29) is 5.91 Å². The quantitative estimate of drug-likeness (QED) is 0.395. The van der Waals surface area contributed by atoms with Crippen molar-refractivity contribution in [2.45, 2.75) is 51.4 Å². The largest absolute Gasteiger partial charge is 0.485 e. The molecular weight excluding hydrogens is 440 g/mol. The minimum absolute atomic E-state index is 0.248. The fourth-order valence-electron chi connectivity index (χ4n) is 4.34. The molecule has 0 spiro atoms. The van der Waals surface area contributed by atoms with Crippen LogP contribution < -0.4 is 14.9 Å². The van der Waals surface area contributed by atoms with Crippen LogP contribution in [-0.2, 0) is 11.4 Å². The number of ether oxygens (including phenoxy) is 2. The van der Waals surface area contributed by atoms with Gasteiger partial charge in [0.05, 0.1) is 0 Å². The summed E-state index contributed by atoms with van der Waals surface area (Å²) in [5.41, 5.74) is 5.28. The van der Waals surface area contributed by atoms with E-state index in [1.165, 1.54) is 6.42 Å². The van der Waals surface area contributed by atoms with Gasteiger partial charge in [0.2, 0.25) is 6.10 Å². The Morgan fingerprint density at radius 3 is 2.49 bits per heavy atom. The third-order valence-corrected chi connectivity index (χ3v) is 6.28. The van der Waals surface area contributed by atoms with Crippen LogP contribution >= 0.6 is 0 Å². The van der Waals surface area contributed by atoms with Crippen molar-refractivity contribution in [3.8, 4) is 11.5 Å². The van der Waals surface area contributed by atoms with Crippen molar-refractivity contribution in [3.05, 3.63) is 95.6 Å². The second-order valence-corrected chi connectivity index (χ2v) is 8.73. The van der Waals surface area contributed by atoms with Gasteiger partial charge in [0.1, 0.15) is 12.9 Å². The molecule has 2 unspecified atom stereocenters. The predicted octanol–water partition coefficient (Wildman–Crippen LogP) is 5.49. The molecule has 2 atom stereocenters. The van der Waals surface area contributed by atoms with Gasteiger partial charge in [-0.25, -0.2) is 5.01 Å². The zero-order valence-corrected chi connectivity index (χ0v) is 20.1. The SMILES string of the molecule is CCC1CCCCN1NC(=O)C(Oc1cc(C=O)ccc1OCc1ccccc1)c1ccccc1. The maximum absolute atomic E-state index is 13.5. The molecule has 0 aliphatic carbocycles. The minimum atomic E-state index is -0.906. The van der Waals surface area contributed by atoms with Crippen molar-refractivity contribution in [2.24, 2.45) is 0 Å². The van der Waals surface area contributed by atoms with Gasteiger partial charge in [0.25, 0.3) is 5.91 Å². The lowest BCUT2D eigenvalue weighted by Gasteiger charge is -2.36. The number of aldehydes is 1. The fourth-order valence-corrected chi connectivity index (χ4v) is 4.34. The molecule has 3 aromatic rings. The van der Waals surface area contributed by atoms with E-state index in [4.69, 9.17) is 9.47 Å². The number of piperidine rings is 1. The number of nitrogens with zero attached hydrogens (tertiary/aromatic N) is 1. The third kappa shape index (κ3) is 6.49. The topological polar surface area (TPSA) is 67.9 Å². The van der Waals surface area contributed by atoms with Crippen molar-refractivity contribution in [1.82, 2.24) is 10.4 Å². The highest BCUT2D eigenvalue weighted by Crippen LogP contribution is 2.33. The average Bonchev–Trinajstić information content (AvgIpc) is 2.92. The number of amides is 1. The number of hydrogen-bond donors (Lipinski definition) is 1. The fraction of sp³-hybridized carbons (Fsp3) is 0.310. The molecule has 0 radical (unpaired) electrons. The zero-order chi connectivity index (χ0) is 24.5. The van der Waals surface area contributed by atoms with Gasteiger partial charge in [-0.2, -0.15) is 0 Å². The molecule has 1 aliphatic heterocycles. The molecule has 1 aliphatic rings. The van der Waals surface area contributed by atoms with Gasteiger partial charge in [-0.15, -0.1) is 0 Å². The highest BCUT2D eigenvalue weighted by Gasteiger charge is 2.29. The van der Waals surface area contributed by atoms with Crippen LogP contribution in [0.2, 0.25) is 0 Å². The van der Waals surface area contributed by atoms with Crippen LogP contribution in [0.25, 0.3) is 0 Å². The lowest BCUT2D eigenvalue weighted by atomic mass is 10.0. The average molecular weight is 473 g/mol. The summed E-state index contributed by atoms with van der Waals surface area (Å²) in [7, 11) is 0. The Kier molecular flexibility index (Phi) is 8.52. The van der Waals surface area contributed by atoms with Crippen LogP contribution in [0.4, 0.5) is 0 Å². The summed E-state index contributed by atoms with van der Waals surface area (Å²) in [6.07, 6.45) is 4.10. The molecule has 0 aromatic heterocycles. The molecule has 4 rings (SSSR count). The first-order chi connectivity index (χ1) is 17.2. The monoisotopic (exact) mass is 472 g/mol. The van der Waals surface area contributed by atoms with Gasteiger partial charge in [0.15, 0.2) is 11.5 Å². The Hall–Kier alpha value is -3.64. The van der Waals surface area contributed by atoms with Gasteiger partial charge in [-0.1, -0.05) is 74.0 Å². The second kappa shape index (κ2) is 12.2. The van der Waals surface area contributed by atoms with Crippen molar-refractivity contribution < 1.29 is 19.1 Å². The molecular formula is C29H32N2O4. The maximum Gasteiger partial charge on any atom is 0.280 e. The first kappa shape index (κ1) is 24.5. The van der Waals surface area contributed by atoms with E-state index in [1.54, 1.807) is 18.2 Å². The van der Waals surface area contributed by atoms with E-state index in [2.05, 4.69) is 12.3 Å². The smallest absolute Gasteiger partial charge is 0.280 e. The van der Waals surface area contributed by atoms with Gasteiger partial charge < -0.3 is 9.47 Å². The standard InChI is InChI=1S/C29H32N2O4/c1-2-25-15-9-10-18-31(25)30-29(33)28(24-13-7-4-8-14-24)35-27-19-23(20-32)16-17-26(27)34-21-22-11-5-3-6-12-22/h3-8,11-14,16-17,19-20,25,28H,2,9-10,15,18,21H2,1H3,(H,30,33). The molecule has 3 aromatic carbocycles. The third-order valence-electron chi connectivity index (χ3n) is 6.28. The summed E-state index contributed by atoms with van der Waals surface area (Å²) < 4.78 is 12.4. The van der Waals surface area contributed by atoms with Gasteiger partial charge in [0, 0.05) is 23.7 Å². The van der Waals surface area contributed by atoms with Gasteiger partial charge >= 0.3 is 0 Å². The molecule has 1 fully saturated rings. The lowest BCUT2D eigenvalue weighted by molar-refractivity contribution is -0.135. The lowest BCUT2D eigenvalue weighted by Crippen LogP contribution is -2.52. The molecule has 1 amide bonds. The molecule has 182 valence electrons. The van der Waals surface area contributed by atoms with E-state index >= 15 is 0 Å². The summed E-state index contributed by atoms with van der Waals surface area (Å²) in [5.74, 6) is 0.569. The van der Waals surface area contributed by atoms with E-state index in [0.29, 0.717) is 29.7 Å². The summed E-state index contributed by atoms with van der Waals surface area (Å²) >= 11 is 0. The summed E-state index contributed by atoms with van der Waals surface area (Å²) in [6, 6.07) is 24.5. The second-order valence-electron chi connectivity index (χ2n) is 8.73. The predicted molar refractivity (Wildman–Crippen MR) is 135 cm³/mol. The van der Waals surface area contributed by atoms with E-state index in [0.717, 1.165) is 43.2 Å². The van der Waals surface area contributed by atoms with Crippen LogP contribution in [-0.4, -0.2) is 29.8 Å². The number of benzene rings is 3. The van der Waals surface area contributed by atoms with E-state index in [1.807, 2.05) is 65.7 Å². The number of rotatable bonds is 10. The first-order valence-corrected chi connectivity index (χ1v) is 12.2. The Balaban J connectivity index is 1.59. The normalized spacial score (nSPS) is 16.8. The molecule has 0 bridgehead atoms. The number of nitrogens with one attached hydrogen (secondary N) is 1. The van der Waals surface area contributed by atoms with Crippen LogP contribution in [0.15, 0.2) is 78.9 Å². The number of carbonyl (C=O) groups excluding carboxylic acids is 2.